The van der Waals surface area contributed by atoms with E-state index in [0.717, 1.165) is 0 Å². The first-order valence-electron chi connectivity index (χ1n) is 11.4. The SMILES string of the molecule is CC=C(C)C(=O)Nc1c(O)c2ccc(C[C@@H]3OC(C)(C)[C@H](OC)[C@@H](OC(N)=O)[C@H]3O)c(C)c2oc1=O. The first-order valence-corrected chi connectivity index (χ1v) is 11.4. The van der Waals surface area contributed by atoms with Crippen LogP contribution in [0.4, 0.5) is 10.5 Å². The summed E-state index contributed by atoms with van der Waals surface area (Å²) >= 11 is 0. The zero-order chi connectivity index (χ0) is 26.9. The van der Waals surface area contributed by atoms with Gasteiger partial charge in [0.1, 0.15) is 17.8 Å². The summed E-state index contributed by atoms with van der Waals surface area (Å²) in [6.45, 7) is 8.43. The number of ether oxygens (including phenoxy) is 3. The van der Waals surface area contributed by atoms with Crippen molar-refractivity contribution in [2.75, 3.05) is 12.4 Å². The van der Waals surface area contributed by atoms with Gasteiger partial charge in [0, 0.05) is 19.1 Å². The number of benzene rings is 1. The highest BCUT2D eigenvalue weighted by Gasteiger charge is 2.51. The Labute approximate surface area is 207 Å². The maximum absolute atomic E-state index is 12.6. The lowest BCUT2D eigenvalue weighted by Crippen LogP contribution is -2.64. The molecular formula is C25H32N2O9. The molecule has 1 aliphatic heterocycles. The standard InChI is InChI=1S/C25H32N2O9/c1-7-11(2)22(30)27-16-17(28)14-9-8-13(12(3)19(14)34-23(16)31)10-15-18(29)20(35-24(26)32)21(33-6)25(4,5)36-15/h7-9,15,18,20-21,28-29H,10H2,1-6H3,(H2,26,32)(H,27,30)/t15-,18-,20-,21+/m0/s1. The summed E-state index contributed by atoms with van der Waals surface area (Å²) in [7, 11) is 1.42. The van der Waals surface area contributed by atoms with E-state index < -0.39 is 53.4 Å². The molecular weight excluding hydrogens is 472 g/mol. The Hall–Kier alpha value is -3.41. The smallest absolute Gasteiger partial charge is 0.404 e. The van der Waals surface area contributed by atoms with Gasteiger partial charge in [0.05, 0.1) is 17.1 Å². The molecule has 3 rings (SSSR count). The lowest BCUT2D eigenvalue weighted by atomic mass is 9.84. The average molecular weight is 505 g/mol. The van der Waals surface area contributed by atoms with Crippen LogP contribution in [0.2, 0.25) is 0 Å². The van der Waals surface area contributed by atoms with Gasteiger partial charge < -0.3 is 39.9 Å². The van der Waals surface area contributed by atoms with Crippen molar-refractivity contribution in [2.45, 2.75) is 71.1 Å². The predicted octanol–water partition coefficient (Wildman–Crippen LogP) is 2.27. The molecule has 0 spiro atoms. The molecule has 11 nitrogen and oxygen atoms in total. The van der Waals surface area contributed by atoms with Crippen LogP contribution in [0.3, 0.4) is 0 Å². The number of aliphatic hydroxyl groups excluding tert-OH is 1. The maximum atomic E-state index is 12.6. The number of aryl methyl sites for hydroxylation is 1. The normalized spacial score (nSPS) is 23.9. The van der Waals surface area contributed by atoms with Crippen molar-refractivity contribution in [1.29, 1.82) is 0 Å². The number of hydrogen-bond acceptors (Lipinski definition) is 9. The van der Waals surface area contributed by atoms with Gasteiger partial charge in [-0.2, -0.15) is 0 Å². The third-order valence-corrected chi connectivity index (χ3v) is 6.52. The second-order valence-electron chi connectivity index (χ2n) is 9.28. The number of aromatic hydroxyl groups is 1. The van der Waals surface area contributed by atoms with Gasteiger partial charge in [0.25, 0.3) is 5.91 Å². The van der Waals surface area contributed by atoms with Gasteiger partial charge >= 0.3 is 11.7 Å². The highest BCUT2D eigenvalue weighted by molar-refractivity contribution is 6.05. The van der Waals surface area contributed by atoms with E-state index in [2.05, 4.69) is 5.32 Å². The Morgan fingerprint density at radius 3 is 2.56 bits per heavy atom. The third kappa shape index (κ3) is 5.08. The quantitative estimate of drug-likeness (QED) is 0.340. The van der Waals surface area contributed by atoms with Crippen LogP contribution in [0.25, 0.3) is 11.0 Å². The number of nitrogens with one attached hydrogen (secondary N) is 1. The van der Waals surface area contributed by atoms with Gasteiger partial charge in [-0.15, -0.1) is 0 Å². The fourth-order valence-corrected chi connectivity index (χ4v) is 4.48. The minimum Gasteiger partial charge on any atom is -0.505 e. The molecule has 36 heavy (non-hydrogen) atoms. The minimum absolute atomic E-state index is 0.125. The van der Waals surface area contributed by atoms with Crippen molar-refractivity contribution in [1.82, 2.24) is 0 Å². The summed E-state index contributed by atoms with van der Waals surface area (Å²) in [6, 6.07) is 3.24. The molecule has 0 aliphatic carbocycles. The molecule has 2 aromatic rings. The highest BCUT2D eigenvalue weighted by atomic mass is 16.6. The molecule has 11 heteroatoms. The fourth-order valence-electron chi connectivity index (χ4n) is 4.48. The summed E-state index contributed by atoms with van der Waals surface area (Å²) in [5, 5.41) is 24.3. The number of amides is 2. The van der Waals surface area contributed by atoms with Crippen molar-refractivity contribution < 1.29 is 38.4 Å². The van der Waals surface area contributed by atoms with Crippen LogP contribution in [0, 0.1) is 6.92 Å². The van der Waals surface area contributed by atoms with Crippen molar-refractivity contribution in [3.05, 3.63) is 45.3 Å². The summed E-state index contributed by atoms with van der Waals surface area (Å²) in [5.74, 6) is -0.956. The van der Waals surface area contributed by atoms with Gasteiger partial charge in [-0.05, 0) is 51.8 Å². The number of methoxy groups -OCH3 is 1. The van der Waals surface area contributed by atoms with Crippen molar-refractivity contribution in [3.63, 3.8) is 0 Å². The summed E-state index contributed by atoms with van der Waals surface area (Å²) in [5.41, 5.74) is 4.67. The number of nitrogens with two attached hydrogens (primary N) is 1. The van der Waals surface area contributed by atoms with Crippen molar-refractivity contribution in [2.24, 2.45) is 5.73 Å². The van der Waals surface area contributed by atoms with E-state index in [1.165, 1.54) is 7.11 Å². The average Bonchev–Trinajstić information content (AvgIpc) is 2.80. The van der Waals surface area contributed by atoms with Crippen LogP contribution in [0.5, 0.6) is 5.75 Å². The molecule has 4 atom stereocenters. The highest BCUT2D eigenvalue weighted by Crippen LogP contribution is 2.37. The first kappa shape index (κ1) is 27.2. The van der Waals surface area contributed by atoms with Gasteiger partial charge in [-0.25, -0.2) is 9.59 Å². The number of aliphatic hydroxyl groups is 1. The third-order valence-electron chi connectivity index (χ3n) is 6.52. The van der Waals surface area contributed by atoms with E-state index in [1.54, 1.807) is 52.8 Å². The Morgan fingerprint density at radius 2 is 1.97 bits per heavy atom. The van der Waals surface area contributed by atoms with Gasteiger partial charge in [-0.3, -0.25) is 4.79 Å². The molecule has 1 aliphatic rings. The topological polar surface area (TPSA) is 171 Å². The molecule has 196 valence electrons. The fraction of sp³-hybridized carbons (Fsp3) is 0.480. The molecule has 5 N–H and O–H groups in total. The number of carbonyl (C=O) groups is 2. The number of hydrogen-bond donors (Lipinski definition) is 4. The largest absolute Gasteiger partial charge is 0.505 e. The Kier molecular flexibility index (Phi) is 7.77. The minimum atomic E-state index is -1.27. The molecule has 0 radical (unpaired) electrons. The van der Waals surface area contributed by atoms with Crippen LogP contribution in [-0.4, -0.2) is 59.3 Å². The van der Waals surface area contributed by atoms with Gasteiger partial charge in [0.15, 0.2) is 17.5 Å². The van der Waals surface area contributed by atoms with Gasteiger partial charge in [-0.1, -0.05) is 12.1 Å². The molecule has 1 fully saturated rings. The second kappa shape index (κ2) is 10.3. The van der Waals surface area contributed by atoms with E-state index in [9.17, 15) is 24.6 Å². The number of primary amides is 1. The molecule has 0 bridgehead atoms. The number of anilines is 1. The molecule has 1 saturated heterocycles. The van der Waals surface area contributed by atoms with E-state index in [-0.39, 0.29) is 23.1 Å². The Bertz CT molecular complexity index is 1260. The van der Waals surface area contributed by atoms with Crippen LogP contribution >= 0.6 is 0 Å². The van der Waals surface area contributed by atoms with Crippen LogP contribution in [0.15, 0.2) is 33.0 Å². The molecule has 2 heterocycles. The number of rotatable bonds is 6. The van der Waals surface area contributed by atoms with Crippen molar-refractivity contribution in [3.8, 4) is 5.75 Å². The number of carbonyl (C=O) groups excluding carboxylic acids is 2. The summed E-state index contributed by atoms with van der Waals surface area (Å²) < 4.78 is 22.2. The van der Waals surface area contributed by atoms with E-state index in [1.807, 2.05) is 0 Å². The first-order chi connectivity index (χ1) is 16.8. The predicted molar refractivity (Wildman–Crippen MR) is 131 cm³/mol. The lowest BCUT2D eigenvalue weighted by molar-refractivity contribution is -0.260. The molecule has 1 aromatic heterocycles. The van der Waals surface area contributed by atoms with E-state index in [4.69, 9.17) is 24.4 Å². The zero-order valence-electron chi connectivity index (χ0n) is 21.1. The second-order valence-corrected chi connectivity index (χ2v) is 9.28. The lowest BCUT2D eigenvalue weighted by Gasteiger charge is -2.48. The van der Waals surface area contributed by atoms with Crippen LogP contribution in [0.1, 0.15) is 38.8 Å². The van der Waals surface area contributed by atoms with Crippen molar-refractivity contribution >= 4 is 28.7 Å². The van der Waals surface area contributed by atoms with Crippen LogP contribution in [-0.2, 0) is 25.4 Å². The number of fused-ring (bicyclic) bond motifs is 1. The molecule has 1 aromatic carbocycles. The molecule has 0 saturated carbocycles. The summed E-state index contributed by atoms with van der Waals surface area (Å²) in [6.07, 6.45) is -3.26. The monoisotopic (exact) mass is 504 g/mol. The molecule has 2 amide bonds. The summed E-state index contributed by atoms with van der Waals surface area (Å²) in [4.78, 5) is 36.3. The van der Waals surface area contributed by atoms with Crippen LogP contribution < -0.4 is 16.7 Å². The Balaban J connectivity index is 1.98. The zero-order valence-corrected chi connectivity index (χ0v) is 21.1. The van der Waals surface area contributed by atoms with E-state index in [0.29, 0.717) is 16.7 Å². The van der Waals surface area contributed by atoms with Gasteiger partial charge in [0.2, 0.25) is 0 Å². The number of allylic oxidation sites excluding steroid dienone is 1. The maximum Gasteiger partial charge on any atom is 0.404 e. The Morgan fingerprint density at radius 1 is 1.31 bits per heavy atom. The molecule has 0 unspecified atom stereocenters. The van der Waals surface area contributed by atoms with E-state index >= 15 is 0 Å².